The number of anilines is 1. The van der Waals surface area contributed by atoms with E-state index in [1.165, 1.54) is 0 Å². The molecule has 8 nitrogen and oxygen atoms in total. The fraction of sp³-hybridized carbons (Fsp3) is 0.500. The molecule has 0 saturated carbocycles. The first-order chi connectivity index (χ1) is 14.5. The molecule has 1 unspecified atom stereocenters. The van der Waals surface area contributed by atoms with E-state index in [1.54, 1.807) is 36.8 Å². The number of nitrogens with zero attached hydrogens (tertiary/aromatic N) is 3. The van der Waals surface area contributed by atoms with Crippen LogP contribution < -0.4 is 10.6 Å². The van der Waals surface area contributed by atoms with Crippen LogP contribution in [-0.2, 0) is 16.1 Å². The van der Waals surface area contributed by atoms with E-state index < -0.39 is 0 Å². The molecule has 2 heterocycles. The summed E-state index contributed by atoms with van der Waals surface area (Å²) in [5, 5.41) is 5.92. The minimum Gasteiger partial charge on any atom is -0.379 e. The van der Waals surface area contributed by atoms with Gasteiger partial charge in [-0.25, -0.2) is 4.98 Å². The molecule has 0 bridgehead atoms. The van der Waals surface area contributed by atoms with Crippen molar-refractivity contribution >= 4 is 17.5 Å². The summed E-state index contributed by atoms with van der Waals surface area (Å²) in [6, 6.07) is 7.31. The molecule has 2 N–H and O–H groups in total. The van der Waals surface area contributed by atoms with Gasteiger partial charge in [0.1, 0.15) is 0 Å². The number of nitrogens with one attached hydrogen (secondary N) is 2. The molecule has 1 saturated heterocycles. The third kappa shape index (κ3) is 6.40. The lowest BCUT2D eigenvalue weighted by atomic mass is 10.0. The Balaban J connectivity index is 1.52. The average molecular weight is 414 g/mol. The summed E-state index contributed by atoms with van der Waals surface area (Å²) in [5.41, 5.74) is 1.15. The number of morpholine rings is 1. The monoisotopic (exact) mass is 413 g/mol. The lowest BCUT2D eigenvalue weighted by Gasteiger charge is -2.36. The molecule has 1 aromatic carbocycles. The van der Waals surface area contributed by atoms with Gasteiger partial charge in [0.15, 0.2) is 0 Å². The number of aromatic nitrogens is 2. The summed E-state index contributed by atoms with van der Waals surface area (Å²) >= 11 is 0. The van der Waals surface area contributed by atoms with Gasteiger partial charge in [0.25, 0.3) is 5.91 Å². The van der Waals surface area contributed by atoms with Crippen LogP contribution in [-0.4, -0.2) is 65.2 Å². The van der Waals surface area contributed by atoms with Crippen LogP contribution in [0.4, 0.5) is 5.69 Å². The van der Waals surface area contributed by atoms with Gasteiger partial charge in [-0.2, -0.15) is 0 Å². The second-order valence-corrected chi connectivity index (χ2v) is 7.85. The topological polar surface area (TPSA) is 88.5 Å². The number of carbonyl (C=O) groups excluding carboxylic acids is 2. The predicted molar refractivity (Wildman–Crippen MR) is 115 cm³/mol. The molecule has 8 heteroatoms. The van der Waals surface area contributed by atoms with Crippen LogP contribution in [0.5, 0.6) is 0 Å². The lowest BCUT2D eigenvalue weighted by molar-refractivity contribution is -0.116. The zero-order valence-corrected chi connectivity index (χ0v) is 17.7. The molecular formula is C22H31N5O3. The Kier molecular flexibility index (Phi) is 7.98. The van der Waals surface area contributed by atoms with Gasteiger partial charge in [0, 0.05) is 62.3 Å². The second-order valence-electron chi connectivity index (χ2n) is 7.85. The highest BCUT2D eigenvalue weighted by atomic mass is 16.5. The summed E-state index contributed by atoms with van der Waals surface area (Å²) < 4.78 is 7.29. The van der Waals surface area contributed by atoms with Gasteiger partial charge in [0.2, 0.25) is 5.91 Å². The van der Waals surface area contributed by atoms with E-state index >= 15 is 0 Å². The smallest absolute Gasteiger partial charge is 0.251 e. The Hall–Kier alpha value is -2.71. The fourth-order valence-corrected chi connectivity index (χ4v) is 3.61. The fourth-order valence-electron chi connectivity index (χ4n) is 3.61. The van der Waals surface area contributed by atoms with E-state index in [0.29, 0.717) is 36.7 Å². The Bertz CT molecular complexity index is 816. The number of benzene rings is 1. The van der Waals surface area contributed by atoms with Crippen LogP contribution in [0, 0.1) is 5.92 Å². The average Bonchev–Trinajstić information content (AvgIpc) is 3.27. The van der Waals surface area contributed by atoms with Gasteiger partial charge < -0.3 is 19.9 Å². The SMILES string of the molecule is CC(C)C(CNC(=O)c1cccc(NC(=O)CCn2ccnc2)c1)N1CCOCC1. The Morgan fingerprint density at radius 2 is 2.03 bits per heavy atom. The quantitative estimate of drug-likeness (QED) is 0.656. The van der Waals surface area contributed by atoms with E-state index in [1.807, 2.05) is 10.8 Å². The maximum absolute atomic E-state index is 12.7. The van der Waals surface area contributed by atoms with Crippen molar-refractivity contribution in [3.63, 3.8) is 0 Å². The zero-order chi connectivity index (χ0) is 21.3. The third-order valence-electron chi connectivity index (χ3n) is 5.32. The predicted octanol–water partition coefficient (Wildman–Crippen LogP) is 2.00. The molecule has 1 aliphatic heterocycles. The van der Waals surface area contributed by atoms with Gasteiger partial charge >= 0.3 is 0 Å². The molecule has 2 aromatic rings. The van der Waals surface area contributed by atoms with E-state index in [2.05, 4.69) is 34.4 Å². The maximum atomic E-state index is 12.7. The summed E-state index contributed by atoms with van der Waals surface area (Å²) in [7, 11) is 0. The summed E-state index contributed by atoms with van der Waals surface area (Å²) in [6.45, 7) is 8.73. The number of hydrogen-bond donors (Lipinski definition) is 2. The van der Waals surface area contributed by atoms with Crippen molar-refractivity contribution in [2.75, 3.05) is 38.2 Å². The van der Waals surface area contributed by atoms with Crippen LogP contribution in [0.3, 0.4) is 0 Å². The van der Waals surface area contributed by atoms with Gasteiger partial charge in [-0.1, -0.05) is 19.9 Å². The lowest BCUT2D eigenvalue weighted by Crippen LogP contribution is -2.51. The van der Waals surface area contributed by atoms with Crippen molar-refractivity contribution in [3.05, 3.63) is 48.5 Å². The maximum Gasteiger partial charge on any atom is 0.251 e. The number of rotatable bonds is 9. The third-order valence-corrected chi connectivity index (χ3v) is 5.32. The molecule has 0 radical (unpaired) electrons. The van der Waals surface area contributed by atoms with Crippen molar-refractivity contribution in [2.24, 2.45) is 5.92 Å². The first kappa shape index (κ1) is 22.0. The van der Waals surface area contributed by atoms with E-state index in [-0.39, 0.29) is 17.9 Å². The number of ether oxygens (including phenoxy) is 1. The molecular weight excluding hydrogens is 382 g/mol. The number of hydrogen-bond acceptors (Lipinski definition) is 5. The normalized spacial score (nSPS) is 15.7. The molecule has 3 rings (SSSR count). The van der Waals surface area contributed by atoms with Crippen molar-refractivity contribution in [3.8, 4) is 0 Å². The number of aryl methyl sites for hydroxylation is 1. The molecule has 0 aliphatic carbocycles. The minimum absolute atomic E-state index is 0.103. The van der Waals surface area contributed by atoms with E-state index in [0.717, 1.165) is 26.3 Å². The highest BCUT2D eigenvalue weighted by molar-refractivity contribution is 5.97. The van der Waals surface area contributed by atoms with Crippen LogP contribution in [0.25, 0.3) is 0 Å². The highest BCUT2D eigenvalue weighted by Crippen LogP contribution is 2.14. The van der Waals surface area contributed by atoms with Gasteiger partial charge in [-0.3, -0.25) is 14.5 Å². The molecule has 1 aromatic heterocycles. The molecule has 0 spiro atoms. The van der Waals surface area contributed by atoms with Crippen LogP contribution >= 0.6 is 0 Å². The molecule has 1 fully saturated rings. The number of imidazole rings is 1. The standard InChI is InChI=1S/C22H31N5O3/c1-17(2)20(27-10-12-30-13-11-27)15-24-22(29)18-4-3-5-19(14-18)25-21(28)6-8-26-9-7-23-16-26/h3-5,7,9,14,16-17,20H,6,8,10-13,15H2,1-2H3,(H,24,29)(H,25,28). The molecule has 1 aliphatic rings. The first-order valence-corrected chi connectivity index (χ1v) is 10.5. The largest absolute Gasteiger partial charge is 0.379 e. The second kappa shape index (κ2) is 10.9. The van der Waals surface area contributed by atoms with Crippen molar-refractivity contribution < 1.29 is 14.3 Å². The first-order valence-electron chi connectivity index (χ1n) is 10.5. The van der Waals surface area contributed by atoms with Crippen molar-refractivity contribution in [1.82, 2.24) is 19.8 Å². The van der Waals surface area contributed by atoms with Crippen molar-refractivity contribution in [1.29, 1.82) is 0 Å². The summed E-state index contributed by atoms with van der Waals surface area (Å²) in [4.78, 5) is 31.2. The van der Waals surface area contributed by atoms with Crippen LogP contribution in [0.1, 0.15) is 30.6 Å². The highest BCUT2D eigenvalue weighted by Gasteiger charge is 2.24. The molecule has 2 amide bonds. The summed E-state index contributed by atoms with van der Waals surface area (Å²) in [5.74, 6) is 0.182. The van der Waals surface area contributed by atoms with Gasteiger partial charge in [-0.05, 0) is 24.1 Å². The minimum atomic E-state index is -0.136. The van der Waals surface area contributed by atoms with E-state index in [9.17, 15) is 9.59 Å². The molecule has 1 atom stereocenters. The number of amides is 2. The molecule has 162 valence electrons. The molecule has 30 heavy (non-hydrogen) atoms. The van der Waals surface area contributed by atoms with Crippen LogP contribution in [0.15, 0.2) is 43.0 Å². The summed E-state index contributed by atoms with van der Waals surface area (Å²) in [6.07, 6.45) is 5.52. The van der Waals surface area contributed by atoms with Crippen molar-refractivity contribution in [2.45, 2.75) is 32.9 Å². The van der Waals surface area contributed by atoms with Crippen LogP contribution in [0.2, 0.25) is 0 Å². The number of carbonyl (C=O) groups is 2. The Morgan fingerprint density at radius 3 is 2.73 bits per heavy atom. The van der Waals surface area contributed by atoms with Gasteiger partial charge in [0.05, 0.1) is 19.5 Å². The Morgan fingerprint density at radius 1 is 1.23 bits per heavy atom. The Labute approximate surface area is 177 Å². The zero-order valence-electron chi connectivity index (χ0n) is 17.7. The van der Waals surface area contributed by atoms with E-state index in [4.69, 9.17) is 4.74 Å². The van der Waals surface area contributed by atoms with Gasteiger partial charge in [-0.15, -0.1) is 0 Å².